The van der Waals surface area contributed by atoms with Crippen LogP contribution in [0.2, 0.25) is 0 Å². The Hall–Kier alpha value is -2.33. The van der Waals surface area contributed by atoms with Crippen LogP contribution in [0, 0.1) is 13.8 Å². The highest BCUT2D eigenvalue weighted by molar-refractivity contribution is 8.19. The van der Waals surface area contributed by atoms with Gasteiger partial charge in [0.15, 0.2) is 0 Å². The third-order valence-corrected chi connectivity index (χ3v) is 4.51. The first-order chi connectivity index (χ1) is 10.5. The monoisotopic (exact) mass is 309 g/mol. The molecular formula is C18H15NO2S. The van der Waals surface area contributed by atoms with Gasteiger partial charge in [-0.15, -0.1) is 0 Å². The molecule has 4 heteroatoms. The summed E-state index contributed by atoms with van der Waals surface area (Å²) < 4.78 is 0. The average molecular weight is 309 g/mol. The Balaban J connectivity index is 1.90. The molecule has 0 bridgehead atoms. The lowest BCUT2D eigenvalue weighted by molar-refractivity contribution is -0.113. The maximum atomic E-state index is 12.1. The van der Waals surface area contributed by atoms with Gasteiger partial charge >= 0.3 is 0 Å². The number of benzene rings is 2. The number of nitrogens with zero attached hydrogens (tertiary/aromatic N) is 1. The number of amides is 1. The van der Waals surface area contributed by atoms with Crippen molar-refractivity contribution in [2.45, 2.75) is 13.8 Å². The molecule has 2 aromatic carbocycles. The van der Waals surface area contributed by atoms with Crippen LogP contribution in [0.3, 0.4) is 0 Å². The molecule has 0 aliphatic carbocycles. The fourth-order valence-electron chi connectivity index (χ4n) is 2.17. The van der Waals surface area contributed by atoms with Crippen LogP contribution in [-0.4, -0.2) is 16.1 Å². The molecule has 0 radical (unpaired) electrons. The van der Waals surface area contributed by atoms with Crippen molar-refractivity contribution >= 4 is 28.8 Å². The lowest BCUT2D eigenvalue weighted by Crippen LogP contribution is -1.90. The first kappa shape index (κ1) is 14.6. The third-order valence-electron chi connectivity index (χ3n) is 3.47. The maximum absolute atomic E-state index is 12.1. The SMILES string of the molecule is Cc1ccc(C2=NC(=O)C(=Cc3cccc(C)c3O)S2)cc1. The van der Waals surface area contributed by atoms with Gasteiger partial charge in [-0.05, 0) is 25.5 Å². The van der Waals surface area contributed by atoms with Crippen molar-refractivity contribution < 1.29 is 9.90 Å². The summed E-state index contributed by atoms with van der Waals surface area (Å²) in [5.41, 5.74) is 3.51. The van der Waals surface area contributed by atoms with E-state index in [1.165, 1.54) is 17.3 Å². The van der Waals surface area contributed by atoms with Gasteiger partial charge in [0.1, 0.15) is 10.8 Å². The summed E-state index contributed by atoms with van der Waals surface area (Å²) in [6.07, 6.45) is 1.69. The highest BCUT2D eigenvalue weighted by atomic mass is 32.2. The van der Waals surface area contributed by atoms with Gasteiger partial charge < -0.3 is 5.11 Å². The minimum Gasteiger partial charge on any atom is -0.507 e. The number of aliphatic imine (C=N–C) groups is 1. The number of carbonyl (C=O) groups is 1. The minimum atomic E-state index is -0.263. The van der Waals surface area contributed by atoms with E-state index in [-0.39, 0.29) is 11.7 Å². The summed E-state index contributed by atoms with van der Waals surface area (Å²) in [5.74, 6) is -0.0614. The van der Waals surface area contributed by atoms with E-state index in [9.17, 15) is 9.90 Å². The molecule has 1 amide bonds. The number of carbonyl (C=O) groups excluding carboxylic acids is 1. The highest BCUT2D eigenvalue weighted by Gasteiger charge is 2.23. The molecule has 1 aliphatic rings. The second kappa shape index (κ2) is 5.81. The molecule has 0 saturated heterocycles. The molecule has 1 aliphatic heterocycles. The Morgan fingerprint density at radius 3 is 2.55 bits per heavy atom. The van der Waals surface area contributed by atoms with Gasteiger partial charge in [0, 0.05) is 11.1 Å². The van der Waals surface area contributed by atoms with Gasteiger partial charge in [-0.3, -0.25) is 4.79 Å². The van der Waals surface area contributed by atoms with Crippen molar-refractivity contribution in [3.63, 3.8) is 0 Å². The second-order valence-corrected chi connectivity index (χ2v) is 6.24. The molecule has 0 fully saturated rings. The zero-order chi connectivity index (χ0) is 15.7. The molecule has 110 valence electrons. The number of aryl methyl sites for hydroxylation is 2. The van der Waals surface area contributed by atoms with Gasteiger partial charge in [-0.1, -0.05) is 59.8 Å². The van der Waals surface area contributed by atoms with Gasteiger partial charge in [0.25, 0.3) is 5.91 Å². The summed E-state index contributed by atoms with van der Waals surface area (Å²) >= 11 is 1.34. The molecule has 3 nitrogen and oxygen atoms in total. The van der Waals surface area contributed by atoms with Crippen LogP contribution in [0.1, 0.15) is 22.3 Å². The van der Waals surface area contributed by atoms with E-state index in [0.717, 1.165) is 11.1 Å². The van der Waals surface area contributed by atoms with Crippen LogP contribution in [0.4, 0.5) is 0 Å². The molecule has 3 rings (SSSR count). The molecule has 1 N–H and O–H groups in total. The number of hydrogen-bond donors (Lipinski definition) is 1. The topological polar surface area (TPSA) is 49.7 Å². The zero-order valence-electron chi connectivity index (χ0n) is 12.3. The van der Waals surface area contributed by atoms with Gasteiger partial charge in [0.05, 0.1) is 4.91 Å². The standard InChI is InChI=1S/C18H15NO2S/c1-11-6-8-13(9-7-11)18-19-17(21)15(22-18)10-14-5-3-4-12(2)16(14)20/h3-10,20H,1-2H3. The van der Waals surface area contributed by atoms with Crippen molar-refractivity contribution in [2.24, 2.45) is 4.99 Å². The van der Waals surface area contributed by atoms with Gasteiger partial charge in [0.2, 0.25) is 0 Å². The molecule has 0 aromatic heterocycles. The van der Waals surface area contributed by atoms with Crippen molar-refractivity contribution in [1.29, 1.82) is 0 Å². The van der Waals surface area contributed by atoms with Crippen LogP contribution in [0.25, 0.3) is 6.08 Å². The second-order valence-electron chi connectivity index (χ2n) is 5.21. The molecule has 0 saturated carbocycles. The quantitative estimate of drug-likeness (QED) is 0.851. The summed E-state index contributed by atoms with van der Waals surface area (Å²) in [4.78, 5) is 16.7. The number of para-hydroxylation sites is 1. The van der Waals surface area contributed by atoms with Crippen LogP contribution in [0.15, 0.2) is 52.4 Å². The van der Waals surface area contributed by atoms with E-state index in [1.807, 2.05) is 50.2 Å². The molecule has 1 heterocycles. The maximum Gasteiger partial charge on any atom is 0.284 e. The number of thioether (sulfide) groups is 1. The number of phenolic OH excluding ortho intramolecular Hbond substituents is 1. The van der Waals surface area contributed by atoms with Crippen molar-refractivity contribution in [3.8, 4) is 5.75 Å². The summed E-state index contributed by atoms with van der Waals surface area (Å²) in [7, 11) is 0. The number of aromatic hydroxyl groups is 1. The minimum absolute atomic E-state index is 0.201. The highest BCUT2D eigenvalue weighted by Crippen LogP contribution is 2.34. The van der Waals surface area contributed by atoms with Gasteiger partial charge in [-0.2, -0.15) is 0 Å². The summed E-state index contributed by atoms with van der Waals surface area (Å²) in [6.45, 7) is 3.85. The van der Waals surface area contributed by atoms with Crippen LogP contribution in [-0.2, 0) is 4.79 Å². The van der Waals surface area contributed by atoms with Crippen molar-refractivity contribution in [3.05, 3.63) is 69.6 Å². The summed E-state index contributed by atoms with van der Waals surface area (Å²) in [5, 5.41) is 10.8. The fraction of sp³-hybridized carbons (Fsp3) is 0.111. The number of hydrogen-bond acceptors (Lipinski definition) is 3. The van der Waals surface area contributed by atoms with E-state index in [2.05, 4.69) is 4.99 Å². The van der Waals surface area contributed by atoms with E-state index < -0.39 is 0 Å². The third kappa shape index (κ3) is 2.83. The van der Waals surface area contributed by atoms with E-state index >= 15 is 0 Å². The normalized spacial score (nSPS) is 16.2. The average Bonchev–Trinajstić information content (AvgIpc) is 2.86. The Morgan fingerprint density at radius 2 is 1.82 bits per heavy atom. The van der Waals surface area contributed by atoms with Crippen LogP contribution in [0.5, 0.6) is 5.75 Å². The van der Waals surface area contributed by atoms with Crippen LogP contribution >= 0.6 is 11.8 Å². The Morgan fingerprint density at radius 1 is 1.09 bits per heavy atom. The summed E-state index contributed by atoms with van der Waals surface area (Å²) in [6, 6.07) is 13.4. The van der Waals surface area contributed by atoms with Gasteiger partial charge in [-0.25, -0.2) is 4.99 Å². The molecule has 0 atom stereocenters. The van der Waals surface area contributed by atoms with Crippen molar-refractivity contribution in [1.82, 2.24) is 0 Å². The van der Waals surface area contributed by atoms with E-state index in [1.54, 1.807) is 12.1 Å². The predicted molar refractivity (Wildman–Crippen MR) is 91.1 cm³/mol. The first-order valence-corrected chi connectivity index (χ1v) is 7.74. The Bertz CT molecular complexity index is 804. The molecule has 22 heavy (non-hydrogen) atoms. The van der Waals surface area contributed by atoms with E-state index in [0.29, 0.717) is 15.5 Å². The molecule has 2 aromatic rings. The zero-order valence-corrected chi connectivity index (χ0v) is 13.1. The van der Waals surface area contributed by atoms with E-state index in [4.69, 9.17) is 0 Å². The molecular weight excluding hydrogens is 294 g/mol. The lowest BCUT2D eigenvalue weighted by atomic mass is 10.1. The Kier molecular flexibility index (Phi) is 3.86. The Labute approximate surface area is 133 Å². The molecule has 0 spiro atoms. The lowest BCUT2D eigenvalue weighted by Gasteiger charge is -2.03. The smallest absolute Gasteiger partial charge is 0.284 e. The van der Waals surface area contributed by atoms with Crippen LogP contribution < -0.4 is 0 Å². The largest absolute Gasteiger partial charge is 0.507 e. The first-order valence-electron chi connectivity index (χ1n) is 6.93. The number of rotatable bonds is 2. The molecule has 0 unspecified atom stereocenters. The predicted octanol–water partition coefficient (Wildman–Crippen LogP) is 4.07. The fourth-order valence-corrected chi connectivity index (χ4v) is 3.08. The number of phenols is 1. The van der Waals surface area contributed by atoms with Crippen molar-refractivity contribution in [2.75, 3.05) is 0 Å².